The fourth-order valence-electron chi connectivity index (χ4n) is 3.52. The van der Waals surface area contributed by atoms with Gasteiger partial charge in [0.05, 0.1) is 11.9 Å². The number of pyridine rings is 1. The highest BCUT2D eigenvalue weighted by molar-refractivity contribution is 5.97. The molecule has 0 atom stereocenters. The van der Waals surface area contributed by atoms with Crippen molar-refractivity contribution in [2.24, 2.45) is 0 Å². The summed E-state index contributed by atoms with van der Waals surface area (Å²) in [4.78, 5) is 12.8. The molecule has 0 unspecified atom stereocenters. The summed E-state index contributed by atoms with van der Waals surface area (Å²) in [6.45, 7) is 2.64. The maximum Gasteiger partial charge on any atom is 0.168 e. The van der Waals surface area contributed by atoms with Crippen LogP contribution < -0.4 is 4.74 Å². The Morgan fingerprint density at radius 2 is 1.64 bits per heavy atom. The van der Waals surface area contributed by atoms with Crippen molar-refractivity contribution in [3.8, 4) is 5.75 Å². The molecule has 0 spiro atoms. The Bertz CT molecular complexity index is 1080. The molecule has 4 aromatic rings. The second-order valence-corrected chi connectivity index (χ2v) is 6.84. The molecule has 0 saturated carbocycles. The fraction of sp³-hybridized carbons (Fsp3) is 0.160. The van der Waals surface area contributed by atoms with Crippen molar-refractivity contribution >= 4 is 11.3 Å². The summed E-state index contributed by atoms with van der Waals surface area (Å²) in [5.41, 5.74) is 5.10. The van der Waals surface area contributed by atoms with Crippen molar-refractivity contribution in [2.45, 2.75) is 26.4 Å². The third kappa shape index (κ3) is 3.70. The summed E-state index contributed by atoms with van der Waals surface area (Å²) in [5, 5.41) is 0. The van der Waals surface area contributed by atoms with E-state index in [4.69, 9.17) is 4.74 Å². The number of Topliss-reactive ketones (excluding diaryl/α,β-unsaturated/α-hetero) is 1. The smallest absolute Gasteiger partial charge is 0.168 e. The number of aryl methyl sites for hydroxylation is 1. The molecule has 0 fully saturated rings. The number of carbonyl (C=O) groups is 1. The molecule has 4 rings (SSSR count). The molecule has 0 aliphatic rings. The van der Waals surface area contributed by atoms with Gasteiger partial charge in [0.1, 0.15) is 12.4 Å². The molecular weight excluding hydrogens is 346 g/mol. The highest BCUT2D eigenvalue weighted by Crippen LogP contribution is 2.27. The van der Waals surface area contributed by atoms with Crippen LogP contribution in [0.15, 0.2) is 85.1 Å². The van der Waals surface area contributed by atoms with Gasteiger partial charge in [0.2, 0.25) is 0 Å². The molecule has 3 nitrogen and oxygen atoms in total. The van der Waals surface area contributed by atoms with Crippen LogP contribution >= 0.6 is 0 Å². The normalized spacial score (nSPS) is 10.9. The van der Waals surface area contributed by atoms with Gasteiger partial charge in [-0.25, -0.2) is 0 Å². The molecule has 0 N–H and O–H groups in total. The van der Waals surface area contributed by atoms with Crippen LogP contribution in [0.5, 0.6) is 5.75 Å². The Morgan fingerprint density at radius 1 is 0.929 bits per heavy atom. The zero-order valence-corrected chi connectivity index (χ0v) is 16.0. The van der Waals surface area contributed by atoms with Gasteiger partial charge in [0, 0.05) is 17.5 Å². The fourth-order valence-corrected chi connectivity index (χ4v) is 3.52. The van der Waals surface area contributed by atoms with E-state index in [0.717, 1.165) is 34.5 Å². The van der Waals surface area contributed by atoms with Gasteiger partial charge in [0.15, 0.2) is 5.78 Å². The number of carbonyl (C=O) groups excluding carboxylic acids is 1. The summed E-state index contributed by atoms with van der Waals surface area (Å²) in [6, 6.07) is 25.7. The van der Waals surface area contributed by atoms with Gasteiger partial charge in [0.25, 0.3) is 0 Å². The molecule has 0 aliphatic carbocycles. The number of aromatic nitrogens is 1. The molecule has 0 radical (unpaired) electrons. The molecule has 0 bridgehead atoms. The largest absolute Gasteiger partial charge is 0.487 e. The molecule has 0 saturated heterocycles. The lowest BCUT2D eigenvalue weighted by Gasteiger charge is -2.10. The first kappa shape index (κ1) is 18.1. The van der Waals surface area contributed by atoms with E-state index in [1.807, 2.05) is 66.9 Å². The predicted molar refractivity (Wildman–Crippen MR) is 112 cm³/mol. The number of ketones is 1. The minimum Gasteiger partial charge on any atom is -0.487 e. The first-order valence-electron chi connectivity index (χ1n) is 9.63. The monoisotopic (exact) mass is 369 g/mol. The SMILES string of the molecule is CCc1cc2c(OCc3ccccc3)cccn2c1CC(=O)c1ccccc1. The van der Waals surface area contributed by atoms with Crippen LogP contribution in [0.4, 0.5) is 0 Å². The highest BCUT2D eigenvalue weighted by Gasteiger charge is 2.16. The molecular formula is C25H23NO2. The van der Waals surface area contributed by atoms with Gasteiger partial charge in [-0.2, -0.15) is 0 Å². The van der Waals surface area contributed by atoms with Crippen LogP contribution in [-0.4, -0.2) is 10.2 Å². The number of ether oxygens (including phenoxy) is 1. The van der Waals surface area contributed by atoms with Gasteiger partial charge >= 0.3 is 0 Å². The van der Waals surface area contributed by atoms with Gasteiger partial charge in [-0.1, -0.05) is 67.6 Å². The van der Waals surface area contributed by atoms with Crippen LogP contribution in [0.1, 0.15) is 34.1 Å². The van der Waals surface area contributed by atoms with Crippen LogP contribution in [0.3, 0.4) is 0 Å². The summed E-state index contributed by atoms with van der Waals surface area (Å²) >= 11 is 0. The molecule has 2 aromatic carbocycles. The summed E-state index contributed by atoms with van der Waals surface area (Å²) in [5.74, 6) is 0.963. The minimum atomic E-state index is 0.130. The molecule has 3 heteroatoms. The van der Waals surface area contributed by atoms with Crippen molar-refractivity contribution in [1.29, 1.82) is 0 Å². The molecule has 2 heterocycles. The van der Waals surface area contributed by atoms with Crippen LogP contribution in [0.25, 0.3) is 5.52 Å². The number of benzene rings is 2. The Kier molecular flexibility index (Phi) is 5.24. The molecule has 0 amide bonds. The topological polar surface area (TPSA) is 30.7 Å². The predicted octanol–water partition coefficient (Wildman–Crippen LogP) is 5.51. The Hall–Kier alpha value is -3.33. The van der Waals surface area contributed by atoms with Crippen molar-refractivity contribution in [2.75, 3.05) is 0 Å². The van der Waals surface area contributed by atoms with Crippen molar-refractivity contribution in [3.05, 3.63) is 107 Å². The van der Waals surface area contributed by atoms with Crippen LogP contribution in [0, 0.1) is 0 Å². The summed E-state index contributed by atoms with van der Waals surface area (Å²) < 4.78 is 8.20. The zero-order chi connectivity index (χ0) is 19.3. The van der Waals surface area contributed by atoms with E-state index >= 15 is 0 Å². The molecule has 2 aromatic heterocycles. The van der Waals surface area contributed by atoms with Gasteiger partial charge in [-0.3, -0.25) is 4.79 Å². The van der Waals surface area contributed by atoms with E-state index in [1.165, 1.54) is 5.56 Å². The van der Waals surface area contributed by atoms with Crippen LogP contribution in [-0.2, 0) is 19.4 Å². The Balaban J connectivity index is 1.65. The highest BCUT2D eigenvalue weighted by atomic mass is 16.5. The lowest BCUT2D eigenvalue weighted by Crippen LogP contribution is -2.07. The van der Waals surface area contributed by atoms with Gasteiger partial charge in [-0.05, 0) is 35.7 Å². The standard InChI is InChI=1S/C25H23NO2/c1-2-20-16-23-25(28-18-19-10-5-3-6-11-19)14-9-15-26(23)22(20)17-24(27)21-12-7-4-8-13-21/h3-16H,2,17-18H2,1H3. The quantitative estimate of drug-likeness (QED) is 0.402. The first-order chi connectivity index (χ1) is 13.8. The third-order valence-electron chi connectivity index (χ3n) is 5.01. The average molecular weight is 369 g/mol. The molecule has 140 valence electrons. The van der Waals surface area contributed by atoms with E-state index in [2.05, 4.69) is 29.5 Å². The first-order valence-corrected chi connectivity index (χ1v) is 9.63. The number of hydrogen-bond donors (Lipinski definition) is 0. The maximum atomic E-state index is 12.8. The second-order valence-electron chi connectivity index (χ2n) is 6.84. The maximum absolute atomic E-state index is 12.8. The van der Waals surface area contributed by atoms with Crippen molar-refractivity contribution in [1.82, 2.24) is 4.40 Å². The van der Waals surface area contributed by atoms with E-state index < -0.39 is 0 Å². The molecule has 28 heavy (non-hydrogen) atoms. The molecule has 0 aliphatic heterocycles. The van der Waals surface area contributed by atoms with Crippen molar-refractivity contribution in [3.63, 3.8) is 0 Å². The second kappa shape index (κ2) is 8.13. The van der Waals surface area contributed by atoms with Gasteiger partial charge < -0.3 is 9.14 Å². The van der Waals surface area contributed by atoms with Crippen molar-refractivity contribution < 1.29 is 9.53 Å². The Labute approximate surface area is 165 Å². The van der Waals surface area contributed by atoms with Crippen LogP contribution in [0.2, 0.25) is 0 Å². The number of hydrogen-bond acceptors (Lipinski definition) is 2. The third-order valence-corrected chi connectivity index (χ3v) is 5.01. The number of nitrogens with zero attached hydrogens (tertiary/aromatic N) is 1. The average Bonchev–Trinajstić information content (AvgIpc) is 3.11. The lowest BCUT2D eigenvalue weighted by molar-refractivity contribution is 0.0991. The zero-order valence-electron chi connectivity index (χ0n) is 16.0. The van der Waals surface area contributed by atoms with E-state index in [-0.39, 0.29) is 5.78 Å². The summed E-state index contributed by atoms with van der Waals surface area (Å²) in [7, 11) is 0. The number of fused-ring (bicyclic) bond motifs is 1. The van der Waals surface area contributed by atoms with E-state index in [1.54, 1.807) is 0 Å². The number of rotatable bonds is 7. The lowest BCUT2D eigenvalue weighted by atomic mass is 10.0. The van der Waals surface area contributed by atoms with E-state index in [0.29, 0.717) is 13.0 Å². The minimum absolute atomic E-state index is 0.130. The van der Waals surface area contributed by atoms with E-state index in [9.17, 15) is 4.79 Å². The summed E-state index contributed by atoms with van der Waals surface area (Å²) in [6.07, 6.45) is 3.26. The Morgan fingerprint density at radius 3 is 2.36 bits per heavy atom. The van der Waals surface area contributed by atoms with Gasteiger partial charge in [-0.15, -0.1) is 0 Å².